The first kappa shape index (κ1) is 20.8. The summed E-state index contributed by atoms with van der Waals surface area (Å²) in [6.07, 6.45) is -0.689. The summed E-state index contributed by atoms with van der Waals surface area (Å²) >= 11 is 0. The van der Waals surface area contributed by atoms with E-state index in [2.05, 4.69) is 33.9 Å². The third-order valence-corrected chi connectivity index (χ3v) is 10.3. The highest BCUT2D eigenvalue weighted by atomic mass is 28.4. The molecule has 6 nitrogen and oxygen atoms in total. The summed E-state index contributed by atoms with van der Waals surface area (Å²) in [6, 6.07) is 0. The summed E-state index contributed by atoms with van der Waals surface area (Å²) in [6.45, 7) is 16.6. The third kappa shape index (κ3) is 3.95. The number of carbonyl (C=O) groups excluding carboxylic acids is 1. The maximum absolute atomic E-state index is 12.0. The summed E-state index contributed by atoms with van der Waals surface area (Å²) in [5, 5.41) is 11.3. The second-order valence-electron chi connectivity index (χ2n) is 9.18. The van der Waals surface area contributed by atoms with Crippen molar-refractivity contribution in [3.63, 3.8) is 0 Å². The van der Waals surface area contributed by atoms with Crippen molar-refractivity contribution in [2.45, 2.75) is 89.7 Å². The van der Waals surface area contributed by atoms with Crippen LogP contribution in [-0.4, -0.2) is 56.2 Å². The molecule has 4 atom stereocenters. The summed E-state index contributed by atoms with van der Waals surface area (Å²) < 4.78 is 23.1. The van der Waals surface area contributed by atoms with Crippen molar-refractivity contribution in [1.29, 1.82) is 0 Å². The van der Waals surface area contributed by atoms with Crippen molar-refractivity contribution < 1.29 is 28.5 Å². The van der Waals surface area contributed by atoms with E-state index in [1.807, 2.05) is 13.8 Å². The number of rotatable bonds is 6. The summed E-state index contributed by atoms with van der Waals surface area (Å²) in [7, 11) is -2.03. The molecule has 0 aromatic rings. The summed E-state index contributed by atoms with van der Waals surface area (Å²) in [5.41, 5.74) is -1.24. The molecule has 0 amide bonds. The van der Waals surface area contributed by atoms with Gasteiger partial charge in [0.2, 0.25) is 0 Å². The molecule has 2 fully saturated rings. The van der Waals surface area contributed by atoms with Crippen LogP contribution >= 0.6 is 0 Å². The number of hydrogen-bond donors (Lipinski definition) is 1. The zero-order valence-corrected chi connectivity index (χ0v) is 17.8. The Hall–Kier alpha value is -0.473. The first-order valence-corrected chi connectivity index (χ1v) is 12.0. The topological polar surface area (TPSA) is 74.2 Å². The van der Waals surface area contributed by atoms with Crippen LogP contribution in [0.25, 0.3) is 0 Å². The van der Waals surface area contributed by atoms with E-state index in [0.717, 1.165) is 0 Å². The van der Waals surface area contributed by atoms with Crippen molar-refractivity contribution in [2.75, 3.05) is 13.2 Å². The van der Waals surface area contributed by atoms with Crippen LogP contribution in [0.15, 0.2) is 0 Å². The number of carbonyl (C=O) groups is 1. The maximum Gasteiger partial charge on any atom is 0.306 e. The molecule has 0 bridgehead atoms. The van der Waals surface area contributed by atoms with Crippen LogP contribution in [0.5, 0.6) is 0 Å². The molecule has 2 aliphatic rings. The molecule has 25 heavy (non-hydrogen) atoms. The fourth-order valence-electron chi connectivity index (χ4n) is 3.24. The van der Waals surface area contributed by atoms with Crippen LogP contribution in [0, 0.1) is 5.92 Å². The monoisotopic (exact) mass is 374 g/mol. The van der Waals surface area contributed by atoms with Crippen molar-refractivity contribution in [3.8, 4) is 0 Å². The van der Waals surface area contributed by atoms with Gasteiger partial charge in [-0.05, 0) is 38.9 Å². The van der Waals surface area contributed by atoms with Gasteiger partial charge in [0.05, 0.1) is 25.7 Å². The Morgan fingerprint density at radius 2 is 1.84 bits per heavy atom. The highest BCUT2D eigenvalue weighted by Gasteiger charge is 2.69. The standard InChI is InChI=1S/C18H34O6Si/c1-9-21-13(19)10-12-14-15(24-17(5,6)23-14)18(12,20)11-22-25(7,8)16(2,3)4/h12,14-15,20H,9-11H2,1-8H3/t12?,14-,15-,18?/m0/s1. The van der Waals surface area contributed by atoms with E-state index in [9.17, 15) is 9.90 Å². The van der Waals surface area contributed by atoms with Crippen LogP contribution in [0.4, 0.5) is 0 Å². The average molecular weight is 375 g/mol. The molecule has 0 aromatic heterocycles. The number of hydrogen-bond acceptors (Lipinski definition) is 6. The quantitative estimate of drug-likeness (QED) is 0.569. The first-order valence-electron chi connectivity index (χ1n) is 9.11. The van der Waals surface area contributed by atoms with Crippen LogP contribution in [-0.2, 0) is 23.4 Å². The lowest BCUT2D eigenvalue weighted by atomic mass is 9.63. The van der Waals surface area contributed by atoms with Crippen molar-refractivity contribution >= 4 is 14.3 Å². The molecule has 2 rings (SSSR count). The average Bonchev–Trinajstić information content (AvgIpc) is 2.75. The number of esters is 1. The lowest BCUT2D eigenvalue weighted by Crippen LogP contribution is -2.71. The SMILES string of the molecule is CCOC(=O)CC1[C@@H]2OC(C)(C)O[C@@H]2C1(O)CO[Si](C)(C)C(C)(C)C. The van der Waals surface area contributed by atoms with Crippen molar-refractivity contribution in [1.82, 2.24) is 0 Å². The number of fused-ring (bicyclic) bond motifs is 1. The zero-order valence-electron chi connectivity index (χ0n) is 16.8. The molecule has 1 aliphatic heterocycles. The van der Waals surface area contributed by atoms with E-state index >= 15 is 0 Å². The van der Waals surface area contributed by atoms with Gasteiger partial charge in [0, 0.05) is 5.92 Å². The van der Waals surface area contributed by atoms with Gasteiger partial charge in [0.15, 0.2) is 14.1 Å². The van der Waals surface area contributed by atoms with Crippen LogP contribution in [0.1, 0.15) is 48.0 Å². The van der Waals surface area contributed by atoms with Gasteiger partial charge in [0.1, 0.15) is 11.7 Å². The minimum absolute atomic E-state index is 0.0372. The van der Waals surface area contributed by atoms with Crippen LogP contribution in [0.3, 0.4) is 0 Å². The second-order valence-corrected chi connectivity index (χ2v) is 14.0. The predicted octanol–water partition coefficient (Wildman–Crippen LogP) is 2.84. The Morgan fingerprint density at radius 1 is 1.24 bits per heavy atom. The molecule has 2 unspecified atom stereocenters. The van der Waals surface area contributed by atoms with Gasteiger partial charge in [-0.2, -0.15) is 0 Å². The fraction of sp³-hybridized carbons (Fsp3) is 0.944. The maximum atomic E-state index is 12.0. The second kappa shape index (κ2) is 6.60. The zero-order chi connectivity index (χ0) is 19.3. The smallest absolute Gasteiger partial charge is 0.306 e. The lowest BCUT2D eigenvalue weighted by molar-refractivity contribution is -0.233. The van der Waals surface area contributed by atoms with E-state index < -0.39 is 25.8 Å². The third-order valence-electron chi connectivity index (χ3n) is 5.82. The van der Waals surface area contributed by atoms with Gasteiger partial charge >= 0.3 is 5.97 Å². The van der Waals surface area contributed by atoms with Gasteiger partial charge < -0.3 is 23.7 Å². The first-order chi connectivity index (χ1) is 11.2. The van der Waals surface area contributed by atoms with Gasteiger partial charge in [-0.3, -0.25) is 4.79 Å². The molecule has 1 heterocycles. The molecule has 1 saturated heterocycles. The van der Waals surface area contributed by atoms with Crippen LogP contribution < -0.4 is 0 Å². The largest absolute Gasteiger partial charge is 0.466 e. The Bertz CT molecular complexity index is 512. The Balaban J connectivity index is 2.15. The highest BCUT2D eigenvalue weighted by molar-refractivity contribution is 6.74. The minimum atomic E-state index is -2.03. The molecule has 146 valence electrons. The van der Waals surface area contributed by atoms with Gasteiger partial charge in [-0.15, -0.1) is 0 Å². The predicted molar refractivity (Wildman–Crippen MR) is 96.7 cm³/mol. The fourth-order valence-corrected chi connectivity index (χ4v) is 4.27. The summed E-state index contributed by atoms with van der Waals surface area (Å²) in [5.74, 6) is -1.49. The molecule has 1 aliphatic carbocycles. The molecular formula is C18H34O6Si. The normalized spacial score (nSPS) is 34.4. The van der Waals surface area contributed by atoms with E-state index in [-0.39, 0.29) is 36.1 Å². The molecule has 7 heteroatoms. The minimum Gasteiger partial charge on any atom is -0.466 e. The van der Waals surface area contributed by atoms with E-state index in [1.54, 1.807) is 6.92 Å². The van der Waals surface area contributed by atoms with Crippen molar-refractivity contribution in [3.05, 3.63) is 0 Å². The molecule has 1 N–H and O–H groups in total. The Labute approximate surface area is 152 Å². The Morgan fingerprint density at radius 3 is 2.36 bits per heavy atom. The molecule has 0 radical (unpaired) electrons. The molecule has 1 saturated carbocycles. The molecule has 0 spiro atoms. The number of aliphatic hydroxyl groups is 1. The van der Waals surface area contributed by atoms with E-state index in [1.165, 1.54) is 0 Å². The van der Waals surface area contributed by atoms with Crippen LogP contribution in [0.2, 0.25) is 18.1 Å². The number of ether oxygens (including phenoxy) is 3. The highest BCUT2D eigenvalue weighted by Crippen LogP contribution is 2.53. The lowest BCUT2D eigenvalue weighted by Gasteiger charge is -2.53. The van der Waals surface area contributed by atoms with Gasteiger partial charge in [-0.25, -0.2) is 0 Å². The van der Waals surface area contributed by atoms with E-state index in [4.69, 9.17) is 18.6 Å². The molecular weight excluding hydrogens is 340 g/mol. The molecule has 0 aromatic carbocycles. The van der Waals surface area contributed by atoms with Gasteiger partial charge in [0.25, 0.3) is 0 Å². The Kier molecular flexibility index (Phi) is 5.50. The van der Waals surface area contributed by atoms with Crippen molar-refractivity contribution in [2.24, 2.45) is 5.92 Å². The van der Waals surface area contributed by atoms with E-state index in [0.29, 0.717) is 6.61 Å². The summed E-state index contributed by atoms with van der Waals surface area (Å²) in [4.78, 5) is 12.0. The van der Waals surface area contributed by atoms with Gasteiger partial charge in [-0.1, -0.05) is 20.8 Å².